The molecule has 1 radical (unpaired) electrons. The van der Waals surface area contributed by atoms with Crippen molar-refractivity contribution in [3.05, 3.63) is 42.2 Å². The molecule has 0 fully saturated rings. The van der Waals surface area contributed by atoms with Gasteiger partial charge in [-0.2, -0.15) is 0 Å². The number of hydrogen-bond acceptors (Lipinski definition) is 4. The fourth-order valence-electron chi connectivity index (χ4n) is 1.67. The zero-order chi connectivity index (χ0) is 12.5. The number of para-hydroxylation sites is 1. The van der Waals surface area contributed by atoms with Crippen LogP contribution in [0.2, 0.25) is 0 Å². The maximum absolute atomic E-state index is 8.82. The summed E-state index contributed by atoms with van der Waals surface area (Å²) in [6, 6.07) is 11.6. The van der Waals surface area contributed by atoms with Gasteiger partial charge >= 0.3 is 111 Å². The molecule has 0 saturated carbocycles. The van der Waals surface area contributed by atoms with Crippen LogP contribution in [0, 0.1) is 11.3 Å². The van der Waals surface area contributed by atoms with Crippen LogP contribution in [0.3, 0.4) is 0 Å². The van der Waals surface area contributed by atoms with Crippen LogP contribution in [0.4, 0.5) is 0 Å². The van der Waals surface area contributed by atoms with E-state index in [-0.39, 0.29) is 5.69 Å². The molecule has 0 aliphatic heterocycles. The molecule has 2 aromatic heterocycles. The SMILES string of the molecule is N#Cc1cnc2c(n1)c([Se])nn2-c1ccccc1. The van der Waals surface area contributed by atoms with Crippen molar-refractivity contribution < 1.29 is 0 Å². The third kappa shape index (κ3) is 1.66. The van der Waals surface area contributed by atoms with Crippen LogP contribution in [0.15, 0.2) is 36.5 Å². The van der Waals surface area contributed by atoms with E-state index >= 15 is 0 Å². The predicted octanol–water partition coefficient (Wildman–Crippen LogP) is 0.481. The van der Waals surface area contributed by atoms with Gasteiger partial charge in [-0.25, -0.2) is 0 Å². The molecule has 0 saturated heterocycles. The summed E-state index contributed by atoms with van der Waals surface area (Å²) in [6.45, 7) is 0. The molecule has 0 aliphatic carbocycles. The number of rotatable bonds is 1. The first kappa shape index (κ1) is 10.9. The molecule has 5 nitrogen and oxygen atoms in total. The average Bonchev–Trinajstić information content (AvgIpc) is 2.77. The van der Waals surface area contributed by atoms with E-state index in [2.05, 4.69) is 31.1 Å². The van der Waals surface area contributed by atoms with Crippen LogP contribution in [0.25, 0.3) is 16.9 Å². The molecule has 0 N–H and O–H groups in total. The second-order valence-electron chi connectivity index (χ2n) is 3.59. The second-order valence-corrected chi connectivity index (χ2v) is 4.40. The number of hydrogen-bond donors (Lipinski definition) is 0. The van der Waals surface area contributed by atoms with Crippen LogP contribution >= 0.6 is 0 Å². The van der Waals surface area contributed by atoms with Crippen LogP contribution in [0.5, 0.6) is 0 Å². The topological polar surface area (TPSA) is 67.4 Å². The molecule has 6 heteroatoms. The summed E-state index contributed by atoms with van der Waals surface area (Å²) in [5, 5.41) is 13.2. The summed E-state index contributed by atoms with van der Waals surface area (Å²) in [4.78, 5) is 8.45. The molecule has 0 amide bonds. The number of nitrogens with zero attached hydrogens (tertiary/aromatic N) is 5. The average molecular weight is 299 g/mol. The van der Waals surface area contributed by atoms with Gasteiger partial charge in [0.25, 0.3) is 0 Å². The summed E-state index contributed by atoms with van der Waals surface area (Å²) in [5.74, 6) is 0. The molecule has 0 spiro atoms. The van der Waals surface area contributed by atoms with Crippen molar-refractivity contribution in [3.63, 3.8) is 0 Å². The number of nitriles is 1. The van der Waals surface area contributed by atoms with Crippen LogP contribution < -0.4 is 4.59 Å². The van der Waals surface area contributed by atoms with Gasteiger partial charge in [-0.15, -0.1) is 0 Å². The molecule has 3 rings (SSSR count). The Balaban J connectivity index is 2.30. The van der Waals surface area contributed by atoms with E-state index < -0.39 is 0 Å². The number of aromatic nitrogens is 4. The van der Waals surface area contributed by atoms with Gasteiger partial charge < -0.3 is 0 Å². The van der Waals surface area contributed by atoms with Gasteiger partial charge in [0.2, 0.25) is 0 Å². The quantitative estimate of drug-likeness (QED) is 0.613. The minimum absolute atomic E-state index is 0.284. The molecular formula is C12H6N5Se. The zero-order valence-electron chi connectivity index (χ0n) is 9.11. The van der Waals surface area contributed by atoms with Gasteiger partial charge in [0.05, 0.1) is 0 Å². The Morgan fingerprint density at radius 2 is 2.00 bits per heavy atom. The van der Waals surface area contributed by atoms with E-state index in [0.29, 0.717) is 15.8 Å². The normalized spacial score (nSPS) is 10.4. The van der Waals surface area contributed by atoms with E-state index in [9.17, 15) is 0 Å². The summed E-state index contributed by atoms with van der Waals surface area (Å²) in [7, 11) is 0. The Morgan fingerprint density at radius 3 is 2.72 bits per heavy atom. The molecule has 2 heterocycles. The van der Waals surface area contributed by atoms with E-state index in [1.54, 1.807) is 4.68 Å². The first-order valence-electron chi connectivity index (χ1n) is 5.18. The molecule has 3 aromatic rings. The molecule has 1 aromatic carbocycles. The Hall–Kier alpha value is -2.22. The summed E-state index contributed by atoms with van der Waals surface area (Å²) >= 11 is 2.84. The second kappa shape index (κ2) is 4.22. The fourth-order valence-corrected chi connectivity index (χ4v) is 2.13. The first-order chi connectivity index (χ1) is 8.79. The van der Waals surface area contributed by atoms with Crippen LogP contribution in [-0.2, 0) is 0 Å². The molecule has 85 valence electrons. The van der Waals surface area contributed by atoms with Gasteiger partial charge in [-0.05, 0) is 0 Å². The van der Waals surface area contributed by atoms with Crippen LogP contribution in [-0.4, -0.2) is 35.8 Å². The van der Waals surface area contributed by atoms with Gasteiger partial charge in [0, 0.05) is 0 Å². The Morgan fingerprint density at radius 1 is 1.22 bits per heavy atom. The maximum atomic E-state index is 8.82. The fraction of sp³-hybridized carbons (Fsp3) is 0. The van der Waals surface area contributed by atoms with Crippen LogP contribution in [0.1, 0.15) is 5.69 Å². The molecule has 0 atom stereocenters. The van der Waals surface area contributed by atoms with Gasteiger partial charge in [0.15, 0.2) is 0 Å². The summed E-state index contributed by atoms with van der Waals surface area (Å²) < 4.78 is 2.34. The van der Waals surface area contributed by atoms with E-state index in [0.717, 1.165) is 5.69 Å². The molecule has 18 heavy (non-hydrogen) atoms. The Bertz CT molecular complexity index is 757. The van der Waals surface area contributed by atoms with Gasteiger partial charge in [0.1, 0.15) is 0 Å². The Labute approximate surface area is 111 Å². The standard InChI is InChI=1S/C12H6N5Se/c13-6-8-7-14-11-10(15-8)12(18)16-17(11)9-4-2-1-3-5-9/h1-5,7H. The number of benzene rings is 1. The predicted molar refractivity (Wildman–Crippen MR) is 66.8 cm³/mol. The van der Waals surface area contributed by atoms with E-state index in [1.807, 2.05) is 36.4 Å². The Kier molecular flexibility index (Phi) is 2.56. The third-order valence-electron chi connectivity index (χ3n) is 2.46. The van der Waals surface area contributed by atoms with E-state index in [1.165, 1.54) is 6.20 Å². The monoisotopic (exact) mass is 300 g/mol. The molecule has 0 aliphatic rings. The van der Waals surface area contributed by atoms with Gasteiger partial charge in [-0.1, -0.05) is 0 Å². The number of fused-ring (bicyclic) bond motifs is 1. The van der Waals surface area contributed by atoms with Crippen molar-refractivity contribution in [2.45, 2.75) is 0 Å². The molecule has 0 unspecified atom stereocenters. The zero-order valence-corrected chi connectivity index (χ0v) is 10.8. The molecular weight excluding hydrogens is 293 g/mol. The van der Waals surface area contributed by atoms with Crippen molar-refractivity contribution in [1.29, 1.82) is 5.26 Å². The van der Waals surface area contributed by atoms with Crippen molar-refractivity contribution in [2.75, 3.05) is 0 Å². The first-order valence-corrected chi connectivity index (χ1v) is 6.03. The van der Waals surface area contributed by atoms with Crippen molar-refractivity contribution in [3.8, 4) is 11.8 Å². The van der Waals surface area contributed by atoms with E-state index in [4.69, 9.17) is 5.26 Å². The summed E-state index contributed by atoms with van der Waals surface area (Å²) in [5.41, 5.74) is 2.43. The van der Waals surface area contributed by atoms with Crippen molar-refractivity contribution >= 4 is 31.8 Å². The minimum atomic E-state index is 0.284. The third-order valence-corrected chi connectivity index (χ3v) is 3.04. The van der Waals surface area contributed by atoms with Crippen molar-refractivity contribution in [1.82, 2.24) is 19.7 Å². The molecule has 0 bridgehead atoms. The summed E-state index contributed by atoms with van der Waals surface area (Å²) in [6.07, 6.45) is 1.45. The van der Waals surface area contributed by atoms with Crippen molar-refractivity contribution in [2.24, 2.45) is 0 Å². The van der Waals surface area contributed by atoms with Gasteiger partial charge in [-0.3, -0.25) is 0 Å².